The summed E-state index contributed by atoms with van der Waals surface area (Å²) >= 11 is 0. The van der Waals surface area contributed by atoms with Crippen molar-refractivity contribution >= 4 is 23.2 Å². The van der Waals surface area contributed by atoms with E-state index in [1.807, 2.05) is 68.6 Å². The maximum absolute atomic E-state index is 13.2. The number of hydrogen-bond acceptors (Lipinski definition) is 4. The molecule has 6 nitrogen and oxygen atoms in total. The summed E-state index contributed by atoms with van der Waals surface area (Å²) < 4.78 is 39.1. The van der Waals surface area contributed by atoms with E-state index in [0.29, 0.717) is 28.9 Å². The predicted molar refractivity (Wildman–Crippen MR) is 177 cm³/mol. The fourth-order valence-electron chi connectivity index (χ4n) is 6.02. The molecule has 5 rings (SSSR count). The fraction of sp³-hybridized carbons (Fsp3) is 0.297. The number of anilines is 2. The summed E-state index contributed by atoms with van der Waals surface area (Å²) in [6.07, 6.45) is -1.74. The van der Waals surface area contributed by atoms with Crippen LogP contribution < -0.4 is 15.5 Å². The quantitative estimate of drug-likeness (QED) is 0.188. The molecule has 0 spiro atoms. The third-order valence-electron chi connectivity index (χ3n) is 8.55. The SMILES string of the molecule is CCCNC(=O)C(c1ccccc1)N(C)C1CCN(c2ccc(NC(=O)c3ccccc3-c3ccc(C(F)(F)F)cc3)cc2)CC1. The zero-order valence-corrected chi connectivity index (χ0v) is 26.1. The number of amides is 2. The monoisotopic (exact) mass is 628 g/mol. The lowest BCUT2D eigenvalue weighted by molar-refractivity contribution is -0.137. The van der Waals surface area contributed by atoms with Gasteiger partial charge in [0.2, 0.25) is 5.91 Å². The fourth-order valence-corrected chi connectivity index (χ4v) is 6.02. The van der Waals surface area contributed by atoms with E-state index in [1.165, 1.54) is 12.1 Å². The molecule has 1 fully saturated rings. The second-order valence-corrected chi connectivity index (χ2v) is 11.6. The van der Waals surface area contributed by atoms with Crippen molar-refractivity contribution in [1.82, 2.24) is 10.2 Å². The minimum atomic E-state index is -4.43. The first-order chi connectivity index (χ1) is 22.2. The molecule has 0 radical (unpaired) electrons. The highest BCUT2D eigenvalue weighted by atomic mass is 19.4. The van der Waals surface area contributed by atoms with Crippen molar-refractivity contribution < 1.29 is 22.8 Å². The molecule has 1 aliphatic rings. The lowest BCUT2D eigenvalue weighted by Gasteiger charge is -2.40. The topological polar surface area (TPSA) is 64.7 Å². The molecule has 46 heavy (non-hydrogen) atoms. The minimum Gasteiger partial charge on any atom is -0.371 e. The molecule has 9 heteroatoms. The van der Waals surface area contributed by atoms with Crippen molar-refractivity contribution in [1.29, 1.82) is 0 Å². The Morgan fingerprint density at radius 2 is 1.50 bits per heavy atom. The van der Waals surface area contributed by atoms with Crippen LogP contribution in [0, 0.1) is 0 Å². The van der Waals surface area contributed by atoms with Gasteiger partial charge in [0.25, 0.3) is 5.91 Å². The second-order valence-electron chi connectivity index (χ2n) is 11.6. The van der Waals surface area contributed by atoms with Gasteiger partial charge < -0.3 is 15.5 Å². The number of rotatable bonds is 10. The largest absolute Gasteiger partial charge is 0.416 e. The number of benzene rings is 4. The third-order valence-corrected chi connectivity index (χ3v) is 8.55. The molecule has 1 saturated heterocycles. The second kappa shape index (κ2) is 14.6. The summed E-state index contributed by atoms with van der Waals surface area (Å²) in [5, 5.41) is 6.00. The molecule has 2 N–H and O–H groups in total. The van der Waals surface area contributed by atoms with Crippen LogP contribution >= 0.6 is 0 Å². The van der Waals surface area contributed by atoms with E-state index in [4.69, 9.17) is 0 Å². The Balaban J connectivity index is 1.21. The van der Waals surface area contributed by atoms with Crippen LogP contribution in [0.25, 0.3) is 11.1 Å². The molecule has 0 bridgehead atoms. The Bertz CT molecular complexity index is 1600. The number of nitrogens with zero attached hydrogens (tertiary/aromatic N) is 2. The normalized spacial score (nSPS) is 14.6. The minimum absolute atomic E-state index is 0.0256. The molecule has 0 aromatic heterocycles. The van der Waals surface area contributed by atoms with Crippen LogP contribution in [-0.2, 0) is 11.0 Å². The average Bonchev–Trinajstić information content (AvgIpc) is 3.08. The van der Waals surface area contributed by atoms with Crippen LogP contribution in [0.4, 0.5) is 24.5 Å². The number of carbonyl (C=O) groups excluding carboxylic acids is 2. The van der Waals surface area contributed by atoms with Gasteiger partial charge in [0.1, 0.15) is 6.04 Å². The van der Waals surface area contributed by atoms with Crippen molar-refractivity contribution in [2.24, 2.45) is 0 Å². The van der Waals surface area contributed by atoms with Crippen LogP contribution in [0.5, 0.6) is 0 Å². The Kier molecular flexibility index (Phi) is 10.4. The van der Waals surface area contributed by atoms with Gasteiger partial charge in [-0.25, -0.2) is 0 Å². The zero-order chi connectivity index (χ0) is 32.7. The van der Waals surface area contributed by atoms with Crippen LogP contribution in [0.2, 0.25) is 0 Å². The number of halogens is 3. The zero-order valence-electron chi connectivity index (χ0n) is 26.1. The summed E-state index contributed by atoms with van der Waals surface area (Å²) in [5.74, 6) is -0.319. The van der Waals surface area contributed by atoms with E-state index in [0.717, 1.165) is 55.7 Å². The number of hydrogen-bond donors (Lipinski definition) is 2. The summed E-state index contributed by atoms with van der Waals surface area (Å²) in [6.45, 7) is 4.36. The summed E-state index contributed by atoms with van der Waals surface area (Å²) in [5.41, 5.74) is 3.37. The average molecular weight is 629 g/mol. The lowest BCUT2D eigenvalue weighted by atomic mass is 9.97. The Hall–Kier alpha value is -4.63. The number of carbonyl (C=O) groups is 2. The van der Waals surface area contributed by atoms with Gasteiger partial charge in [-0.15, -0.1) is 0 Å². The highest BCUT2D eigenvalue weighted by Gasteiger charge is 2.32. The summed E-state index contributed by atoms with van der Waals surface area (Å²) in [6, 6.07) is 29.2. The maximum atomic E-state index is 13.2. The summed E-state index contributed by atoms with van der Waals surface area (Å²) in [7, 11) is 2.04. The highest BCUT2D eigenvalue weighted by Crippen LogP contribution is 2.33. The highest BCUT2D eigenvalue weighted by molar-refractivity contribution is 6.08. The molecule has 0 saturated carbocycles. The van der Waals surface area contributed by atoms with E-state index in [1.54, 1.807) is 24.3 Å². The van der Waals surface area contributed by atoms with Crippen molar-refractivity contribution in [3.8, 4) is 11.1 Å². The van der Waals surface area contributed by atoms with E-state index < -0.39 is 11.7 Å². The van der Waals surface area contributed by atoms with E-state index >= 15 is 0 Å². The van der Waals surface area contributed by atoms with Gasteiger partial charge in [0.05, 0.1) is 5.56 Å². The van der Waals surface area contributed by atoms with E-state index in [9.17, 15) is 22.8 Å². The van der Waals surface area contributed by atoms with Gasteiger partial charge in [0.15, 0.2) is 0 Å². The first-order valence-electron chi connectivity index (χ1n) is 15.6. The predicted octanol–water partition coefficient (Wildman–Crippen LogP) is 7.79. The molecule has 1 unspecified atom stereocenters. The summed E-state index contributed by atoms with van der Waals surface area (Å²) in [4.78, 5) is 30.9. The van der Waals surface area contributed by atoms with E-state index in [-0.39, 0.29) is 23.9 Å². The molecule has 4 aromatic carbocycles. The van der Waals surface area contributed by atoms with Crippen LogP contribution in [0.1, 0.15) is 53.7 Å². The molecule has 2 amide bonds. The van der Waals surface area contributed by atoms with Gasteiger partial charge >= 0.3 is 6.18 Å². The Labute approximate surface area is 268 Å². The number of nitrogens with one attached hydrogen (secondary N) is 2. The van der Waals surface area contributed by atoms with Crippen LogP contribution in [0.15, 0.2) is 103 Å². The van der Waals surface area contributed by atoms with Gasteiger partial charge in [-0.05, 0) is 85.5 Å². The molecule has 0 aliphatic carbocycles. The third kappa shape index (κ3) is 7.77. The van der Waals surface area contributed by atoms with Crippen LogP contribution in [0.3, 0.4) is 0 Å². The number of likely N-dealkylation sites (N-methyl/N-ethyl adjacent to an activating group) is 1. The smallest absolute Gasteiger partial charge is 0.371 e. The van der Waals surface area contributed by atoms with Crippen molar-refractivity contribution in [3.05, 3.63) is 120 Å². The van der Waals surface area contributed by atoms with Gasteiger partial charge in [-0.1, -0.05) is 67.6 Å². The maximum Gasteiger partial charge on any atom is 0.416 e. The van der Waals surface area contributed by atoms with Crippen LogP contribution in [-0.4, -0.2) is 49.4 Å². The van der Waals surface area contributed by atoms with Gasteiger partial charge in [-0.2, -0.15) is 13.2 Å². The molecule has 1 heterocycles. The molecule has 240 valence electrons. The van der Waals surface area contributed by atoms with Crippen molar-refractivity contribution in [3.63, 3.8) is 0 Å². The lowest BCUT2D eigenvalue weighted by Crippen LogP contribution is -2.48. The Morgan fingerprint density at radius 1 is 0.870 bits per heavy atom. The first-order valence-corrected chi connectivity index (χ1v) is 15.6. The molecular formula is C37H39F3N4O2. The number of piperidine rings is 1. The Morgan fingerprint density at radius 3 is 2.13 bits per heavy atom. The molecule has 1 atom stereocenters. The van der Waals surface area contributed by atoms with Crippen molar-refractivity contribution in [2.75, 3.05) is 36.9 Å². The van der Waals surface area contributed by atoms with Gasteiger partial charge in [-0.3, -0.25) is 14.5 Å². The number of alkyl halides is 3. The van der Waals surface area contributed by atoms with E-state index in [2.05, 4.69) is 20.4 Å². The first kappa shape index (κ1) is 32.8. The van der Waals surface area contributed by atoms with Gasteiger partial charge in [0, 0.05) is 42.6 Å². The molecule has 4 aromatic rings. The molecule has 1 aliphatic heterocycles. The van der Waals surface area contributed by atoms with Crippen molar-refractivity contribution in [2.45, 2.75) is 44.4 Å². The molecular weight excluding hydrogens is 589 g/mol. The standard InChI is InChI=1S/C37H39F3N4O2/c1-3-23-41-36(46)34(27-9-5-4-6-10-27)43(2)30-21-24-44(25-22-30)31-19-17-29(18-20-31)42-35(45)33-12-8-7-11-32(33)26-13-15-28(16-14-26)37(38,39)40/h4-20,30,34H,3,21-25H2,1-2H3,(H,41,46)(H,42,45).